The Morgan fingerprint density at radius 3 is 2.61 bits per heavy atom. The Balaban J connectivity index is 1.34. The Bertz CT molecular complexity index is 1000. The summed E-state index contributed by atoms with van der Waals surface area (Å²) in [5.41, 5.74) is -0.346. The molecule has 1 atom stereocenters. The van der Waals surface area contributed by atoms with E-state index in [1.807, 2.05) is 0 Å². The summed E-state index contributed by atoms with van der Waals surface area (Å²) in [5, 5.41) is 10.1. The second-order valence-electron chi connectivity index (χ2n) is 8.73. The van der Waals surface area contributed by atoms with Gasteiger partial charge in [-0.1, -0.05) is 23.7 Å². The zero-order valence-electron chi connectivity index (χ0n) is 17.5. The molecular weight excluding hydrogens is 425 g/mol. The van der Waals surface area contributed by atoms with Crippen LogP contribution in [0.4, 0.5) is 4.39 Å². The van der Waals surface area contributed by atoms with Crippen LogP contribution in [0.1, 0.15) is 55.3 Å². The quantitative estimate of drug-likeness (QED) is 0.699. The Labute approximate surface area is 184 Å². The third-order valence-corrected chi connectivity index (χ3v) is 6.93. The highest BCUT2D eigenvalue weighted by molar-refractivity contribution is 6.30. The number of aromatic nitrogens is 1. The summed E-state index contributed by atoms with van der Waals surface area (Å²) in [6.07, 6.45) is 3.81. The smallest absolute Gasteiger partial charge is 0.273 e. The van der Waals surface area contributed by atoms with Crippen molar-refractivity contribution in [2.24, 2.45) is 5.92 Å². The van der Waals surface area contributed by atoms with Crippen LogP contribution in [0.15, 0.2) is 28.8 Å². The van der Waals surface area contributed by atoms with Gasteiger partial charge in [-0.15, -0.1) is 0 Å². The number of amides is 2. The Kier molecular flexibility index (Phi) is 5.68. The number of benzene rings is 1. The Morgan fingerprint density at radius 2 is 2.00 bits per heavy atom. The van der Waals surface area contributed by atoms with Crippen molar-refractivity contribution < 1.29 is 23.2 Å². The maximum Gasteiger partial charge on any atom is 0.273 e. The molecule has 9 heteroatoms. The molecule has 7 nitrogen and oxygen atoms in total. The summed E-state index contributed by atoms with van der Waals surface area (Å²) in [6.45, 7) is 3.63. The molecule has 3 aliphatic carbocycles. The molecule has 1 aromatic carbocycles. The Hall–Kier alpha value is -2.61. The van der Waals surface area contributed by atoms with Crippen LogP contribution in [0.2, 0.25) is 5.02 Å². The van der Waals surface area contributed by atoms with Crippen LogP contribution >= 0.6 is 11.6 Å². The first-order chi connectivity index (χ1) is 14.7. The molecule has 1 aromatic heterocycles. The maximum absolute atomic E-state index is 13.5. The lowest BCUT2D eigenvalue weighted by Gasteiger charge is -2.57. The van der Waals surface area contributed by atoms with Gasteiger partial charge in [-0.25, -0.2) is 4.39 Å². The summed E-state index contributed by atoms with van der Waals surface area (Å²) >= 11 is 5.66. The minimum Gasteiger partial charge on any atom is -0.484 e. The first-order valence-electron chi connectivity index (χ1n) is 10.4. The summed E-state index contributed by atoms with van der Waals surface area (Å²) in [5.74, 6) is -0.0603. The van der Waals surface area contributed by atoms with Gasteiger partial charge in [-0.3, -0.25) is 9.59 Å². The number of fused-ring (bicyclic) bond motifs is 3. The minimum atomic E-state index is -0.592. The predicted molar refractivity (Wildman–Crippen MR) is 111 cm³/mol. The normalized spacial score (nSPS) is 27.0. The molecule has 2 aromatic rings. The van der Waals surface area contributed by atoms with Gasteiger partial charge >= 0.3 is 0 Å². The molecule has 3 saturated carbocycles. The molecule has 5 rings (SSSR count). The van der Waals surface area contributed by atoms with Gasteiger partial charge < -0.3 is 19.9 Å². The predicted octanol–water partition coefficient (Wildman–Crippen LogP) is 3.79. The molecule has 3 aliphatic rings. The fourth-order valence-electron chi connectivity index (χ4n) is 4.88. The van der Waals surface area contributed by atoms with Crippen molar-refractivity contribution in [2.45, 2.75) is 57.0 Å². The van der Waals surface area contributed by atoms with Gasteiger partial charge in [0.1, 0.15) is 17.3 Å². The number of nitrogens with zero attached hydrogens (tertiary/aromatic N) is 1. The van der Waals surface area contributed by atoms with E-state index in [-0.39, 0.29) is 51.9 Å². The molecule has 0 spiro atoms. The number of halogens is 2. The van der Waals surface area contributed by atoms with Crippen molar-refractivity contribution in [2.75, 3.05) is 6.61 Å². The topological polar surface area (TPSA) is 93.5 Å². The van der Waals surface area contributed by atoms with Gasteiger partial charge in [0.2, 0.25) is 0 Å². The molecule has 31 heavy (non-hydrogen) atoms. The molecule has 1 heterocycles. The van der Waals surface area contributed by atoms with Crippen molar-refractivity contribution in [3.05, 3.63) is 46.6 Å². The van der Waals surface area contributed by atoms with E-state index in [2.05, 4.69) is 22.7 Å². The second-order valence-corrected chi connectivity index (χ2v) is 9.14. The lowest BCUT2D eigenvalue weighted by atomic mass is 9.56. The molecule has 0 aliphatic heterocycles. The molecule has 2 N–H and O–H groups in total. The summed E-state index contributed by atoms with van der Waals surface area (Å²) in [6, 6.07) is 5.69. The minimum absolute atomic E-state index is 0.00295. The van der Waals surface area contributed by atoms with E-state index in [9.17, 15) is 14.0 Å². The Morgan fingerprint density at radius 1 is 1.26 bits per heavy atom. The largest absolute Gasteiger partial charge is 0.484 e. The fraction of sp³-hybridized carbons (Fsp3) is 0.500. The van der Waals surface area contributed by atoms with Crippen LogP contribution < -0.4 is 15.4 Å². The number of hydrogen-bond donors (Lipinski definition) is 2. The lowest BCUT2D eigenvalue weighted by Crippen LogP contribution is -2.67. The SMILES string of the molecule is Cc1cc(C(=O)NC23CCC(NC(=O)COc4ccc(Cl)c(F)c4)(CC2)C(C)C3)no1. The summed E-state index contributed by atoms with van der Waals surface area (Å²) < 4.78 is 24.0. The van der Waals surface area contributed by atoms with Crippen molar-refractivity contribution in [3.63, 3.8) is 0 Å². The van der Waals surface area contributed by atoms with Crippen molar-refractivity contribution in [3.8, 4) is 5.75 Å². The number of hydrogen-bond acceptors (Lipinski definition) is 5. The third kappa shape index (κ3) is 4.39. The highest BCUT2D eigenvalue weighted by Crippen LogP contribution is 2.50. The van der Waals surface area contributed by atoms with Crippen LogP contribution in [-0.2, 0) is 4.79 Å². The van der Waals surface area contributed by atoms with Gasteiger partial charge in [-0.05, 0) is 57.1 Å². The molecule has 1 unspecified atom stereocenters. The molecule has 2 bridgehead atoms. The zero-order valence-corrected chi connectivity index (χ0v) is 18.2. The molecule has 0 radical (unpaired) electrons. The number of carbonyl (C=O) groups excluding carboxylic acids is 2. The summed E-state index contributed by atoms with van der Waals surface area (Å²) in [4.78, 5) is 25.1. The third-order valence-electron chi connectivity index (χ3n) is 6.63. The van der Waals surface area contributed by atoms with E-state index in [1.165, 1.54) is 12.1 Å². The lowest BCUT2D eigenvalue weighted by molar-refractivity contribution is -0.128. The van der Waals surface area contributed by atoms with Crippen LogP contribution in [0.3, 0.4) is 0 Å². The van der Waals surface area contributed by atoms with Gasteiger partial charge in [0.25, 0.3) is 11.8 Å². The number of nitrogens with one attached hydrogen (secondary N) is 2. The highest BCUT2D eigenvalue weighted by atomic mass is 35.5. The van der Waals surface area contributed by atoms with Gasteiger partial charge in [0.15, 0.2) is 12.3 Å². The van der Waals surface area contributed by atoms with Crippen LogP contribution in [0.5, 0.6) is 5.75 Å². The van der Waals surface area contributed by atoms with Gasteiger partial charge in [0.05, 0.1) is 5.02 Å². The maximum atomic E-state index is 13.5. The van der Waals surface area contributed by atoms with Crippen molar-refractivity contribution >= 4 is 23.4 Å². The van der Waals surface area contributed by atoms with Crippen molar-refractivity contribution in [1.29, 1.82) is 0 Å². The molecule has 3 fully saturated rings. The average Bonchev–Trinajstić information content (AvgIpc) is 3.17. The van der Waals surface area contributed by atoms with Gasteiger partial charge in [-0.2, -0.15) is 0 Å². The van der Waals surface area contributed by atoms with E-state index in [4.69, 9.17) is 20.9 Å². The highest BCUT2D eigenvalue weighted by Gasteiger charge is 2.54. The van der Waals surface area contributed by atoms with E-state index in [1.54, 1.807) is 13.0 Å². The number of ether oxygens (including phenoxy) is 1. The van der Waals surface area contributed by atoms with Gasteiger partial charge in [0, 0.05) is 23.2 Å². The molecule has 2 amide bonds. The first kappa shape index (κ1) is 21.6. The second kappa shape index (κ2) is 8.15. The number of aryl methyl sites for hydroxylation is 1. The van der Waals surface area contributed by atoms with E-state index in [0.29, 0.717) is 5.76 Å². The fourth-order valence-corrected chi connectivity index (χ4v) is 5.00. The monoisotopic (exact) mass is 449 g/mol. The molecule has 0 saturated heterocycles. The van der Waals surface area contributed by atoms with Crippen molar-refractivity contribution in [1.82, 2.24) is 15.8 Å². The summed E-state index contributed by atoms with van der Waals surface area (Å²) in [7, 11) is 0. The van der Waals surface area contributed by atoms with E-state index in [0.717, 1.165) is 38.2 Å². The zero-order chi connectivity index (χ0) is 22.2. The van der Waals surface area contributed by atoms with Crippen LogP contribution in [0, 0.1) is 18.7 Å². The number of carbonyl (C=O) groups is 2. The molecular formula is C22H25ClFN3O4. The number of rotatable bonds is 6. The van der Waals surface area contributed by atoms with Crippen LogP contribution in [0.25, 0.3) is 0 Å². The van der Waals surface area contributed by atoms with Crippen LogP contribution in [-0.4, -0.2) is 34.7 Å². The standard InChI is InChI=1S/C22H25ClFN3O4/c1-13-11-21(26-20(29)18-9-14(2)31-27-18)5-7-22(13,8-6-21)25-19(28)12-30-15-3-4-16(23)17(24)10-15/h3-4,9-10,13H,5-8,11-12H2,1-2H3,(H,25,28)(H,26,29). The first-order valence-corrected chi connectivity index (χ1v) is 10.7. The van der Waals surface area contributed by atoms with E-state index >= 15 is 0 Å². The van der Waals surface area contributed by atoms with E-state index < -0.39 is 5.82 Å². The average molecular weight is 450 g/mol. The molecule has 166 valence electrons.